The smallest absolute Gasteiger partial charge is 0.359 e. The Morgan fingerprint density at radius 1 is 1.53 bits per heavy atom. The maximum atomic E-state index is 10.7. The van der Waals surface area contributed by atoms with E-state index < -0.39 is 11.9 Å². The number of rotatable bonds is 7. The topological polar surface area (TPSA) is 63.6 Å². The number of nitrogens with zero attached hydrogens (tertiary/aromatic N) is 1. The van der Waals surface area contributed by atoms with Crippen molar-refractivity contribution in [3.63, 3.8) is 0 Å². The minimum atomic E-state index is -0.852. The van der Waals surface area contributed by atoms with E-state index in [1.165, 1.54) is 0 Å². The van der Waals surface area contributed by atoms with Gasteiger partial charge in [0, 0.05) is 6.08 Å². The van der Waals surface area contributed by atoms with Crippen molar-refractivity contribution in [2.24, 2.45) is 0 Å². The van der Waals surface area contributed by atoms with E-state index in [0.29, 0.717) is 17.6 Å². The molecule has 0 spiro atoms. The second-order valence-electron chi connectivity index (χ2n) is 3.58. The van der Waals surface area contributed by atoms with Crippen molar-refractivity contribution in [3.05, 3.63) is 12.7 Å². The van der Waals surface area contributed by atoms with Crippen molar-refractivity contribution in [1.82, 2.24) is 0 Å². The number of esters is 1. The Hall–Kier alpha value is -1.36. The van der Waals surface area contributed by atoms with Crippen LogP contribution in [0.5, 0.6) is 0 Å². The number of ether oxygens (including phenoxy) is 1. The summed E-state index contributed by atoms with van der Waals surface area (Å²) in [5.74, 6) is -1.33. The molecule has 0 amide bonds. The molecule has 15 heavy (non-hydrogen) atoms. The Morgan fingerprint density at radius 2 is 2.13 bits per heavy atom. The van der Waals surface area contributed by atoms with Gasteiger partial charge in [0.05, 0.1) is 13.6 Å². The van der Waals surface area contributed by atoms with E-state index in [0.717, 1.165) is 6.08 Å². The third-order valence-corrected chi connectivity index (χ3v) is 2.32. The summed E-state index contributed by atoms with van der Waals surface area (Å²) < 4.78 is 5.15. The van der Waals surface area contributed by atoms with Crippen LogP contribution < -0.4 is 0 Å². The Kier molecular flexibility index (Phi) is 5.62. The molecule has 0 radical (unpaired) electrons. The minimum absolute atomic E-state index is 0.0299. The molecule has 0 bridgehead atoms. The lowest BCUT2D eigenvalue weighted by Gasteiger charge is -2.31. The standard InChI is InChI=1S/C10H17NO4/c1-4-10(14)15-7-6-11(3,5-2)8-9(12)13/h4H,1,5-8H2,2-3H3/p+1. The summed E-state index contributed by atoms with van der Waals surface area (Å²) in [6, 6.07) is 0. The van der Waals surface area contributed by atoms with Crippen molar-refractivity contribution in [2.45, 2.75) is 6.92 Å². The fraction of sp³-hybridized carbons (Fsp3) is 0.600. The molecule has 0 aromatic carbocycles. The molecule has 1 unspecified atom stereocenters. The van der Waals surface area contributed by atoms with Crippen LogP contribution in [0.3, 0.4) is 0 Å². The predicted molar refractivity (Wildman–Crippen MR) is 55.3 cm³/mol. The normalized spacial score (nSPS) is 14.0. The fourth-order valence-corrected chi connectivity index (χ4v) is 1.10. The van der Waals surface area contributed by atoms with E-state index in [1.54, 1.807) is 0 Å². The van der Waals surface area contributed by atoms with Crippen molar-refractivity contribution in [1.29, 1.82) is 0 Å². The maximum absolute atomic E-state index is 10.7. The summed E-state index contributed by atoms with van der Waals surface area (Å²) in [5, 5.41) is 8.70. The van der Waals surface area contributed by atoms with Gasteiger partial charge in [0.2, 0.25) is 0 Å². The number of hydrogen-bond acceptors (Lipinski definition) is 3. The molecule has 5 heteroatoms. The summed E-state index contributed by atoms with van der Waals surface area (Å²) in [7, 11) is 1.82. The van der Waals surface area contributed by atoms with Crippen LogP contribution >= 0.6 is 0 Å². The molecule has 0 aliphatic heterocycles. The lowest BCUT2D eigenvalue weighted by atomic mass is 10.4. The number of aliphatic carboxylic acids is 1. The van der Waals surface area contributed by atoms with E-state index in [-0.39, 0.29) is 13.2 Å². The summed E-state index contributed by atoms with van der Waals surface area (Å²) in [5.41, 5.74) is 0. The molecule has 1 atom stereocenters. The first kappa shape index (κ1) is 13.6. The summed E-state index contributed by atoms with van der Waals surface area (Å²) >= 11 is 0. The number of likely N-dealkylation sites (N-methyl/N-ethyl adjacent to an activating group) is 1. The molecule has 86 valence electrons. The molecule has 0 rings (SSSR count). The summed E-state index contributed by atoms with van der Waals surface area (Å²) in [4.78, 5) is 21.3. The van der Waals surface area contributed by atoms with Crippen LogP contribution in [0.15, 0.2) is 12.7 Å². The number of carboxylic acids is 1. The average Bonchev–Trinajstić information content (AvgIpc) is 2.16. The lowest BCUT2D eigenvalue weighted by Crippen LogP contribution is -2.49. The van der Waals surface area contributed by atoms with Gasteiger partial charge in [-0.3, -0.25) is 0 Å². The average molecular weight is 216 g/mol. The molecule has 0 fully saturated rings. The highest BCUT2D eigenvalue weighted by Gasteiger charge is 2.23. The zero-order chi connectivity index (χ0) is 11.9. The molecule has 0 aromatic rings. The molecule has 5 nitrogen and oxygen atoms in total. The highest BCUT2D eigenvalue weighted by atomic mass is 16.5. The predicted octanol–water partition coefficient (Wildman–Crippen LogP) is 0.267. The first-order valence-electron chi connectivity index (χ1n) is 4.78. The first-order valence-corrected chi connectivity index (χ1v) is 4.78. The van der Waals surface area contributed by atoms with E-state index >= 15 is 0 Å². The van der Waals surface area contributed by atoms with Crippen LogP contribution in [0.2, 0.25) is 0 Å². The van der Waals surface area contributed by atoms with Crippen LogP contribution in [0.4, 0.5) is 0 Å². The molecule has 0 heterocycles. The van der Waals surface area contributed by atoms with Crippen LogP contribution in [0.1, 0.15) is 6.92 Å². The fourth-order valence-electron chi connectivity index (χ4n) is 1.10. The van der Waals surface area contributed by atoms with Gasteiger partial charge in [0.1, 0.15) is 13.2 Å². The van der Waals surface area contributed by atoms with Crippen molar-refractivity contribution >= 4 is 11.9 Å². The third-order valence-electron chi connectivity index (χ3n) is 2.32. The second kappa shape index (κ2) is 6.19. The number of carbonyl (C=O) groups excluding carboxylic acids is 1. The lowest BCUT2D eigenvalue weighted by molar-refractivity contribution is -0.900. The molecule has 0 saturated heterocycles. The Labute approximate surface area is 89.5 Å². The molecule has 1 N–H and O–H groups in total. The molecule has 0 aromatic heterocycles. The van der Waals surface area contributed by atoms with Gasteiger partial charge >= 0.3 is 11.9 Å². The zero-order valence-electron chi connectivity index (χ0n) is 9.23. The number of carbonyl (C=O) groups is 2. The minimum Gasteiger partial charge on any atom is -0.477 e. The number of hydrogen-bond donors (Lipinski definition) is 1. The number of quaternary nitrogens is 1. The molecule has 0 aliphatic carbocycles. The maximum Gasteiger partial charge on any atom is 0.359 e. The van der Waals surface area contributed by atoms with Gasteiger partial charge < -0.3 is 14.3 Å². The van der Waals surface area contributed by atoms with Crippen molar-refractivity contribution < 1.29 is 23.9 Å². The first-order chi connectivity index (χ1) is 6.93. The van der Waals surface area contributed by atoms with Gasteiger partial charge in [0.25, 0.3) is 0 Å². The van der Waals surface area contributed by atoms with Crippen LogP contribution in [0, 0.1) is 0 Å². The highest BCUT2D eigenvalue weighted by molar-refractivity contribution is 5.81. The zero-order valence-corrected chi connectivity index (χ0v) is 9.23. The molecular weight excluding hydrogens is 198 g/mol. The third kappa shape index (κ3) is 5.85. The SMILES string of the molecule is C=CC(=O)OCC[N+](C)(CC)CC(=O)O. The summed E-state index contributed by atoms with van der Waals surface area (Å²) in [6.07, 6.45) is 1.09. The summed E-state index contributed by atoms with van der Waals surface area (Å²) in [6.45, 7) is 6.58. The van der Waals surface area contributed by atoms with Gasteiger partial charge in [-0.2, -0.15) is 0 Å². The van der Waals surface area contributed by atoms with E-state index in [1.807, 2.05) is 14.0 Å². The quantitative estimate of drug-likeness (QED) is 0.377. The molecule has 0 saturated carbocycles. The van der Waals surface area contributed by atoms with E-state index in [9.17, 15) is 9.59 Å². The Balaban J connectivity index is 4.03. The highest BCUT2D eigenvalue weighted by Crippen LogP contribution is 2.01. The van der Waals surface area contributed by atoms with Gasteiger partial charge in [-0.05, 0) is 6.92 Å². The van der Waals surface area contributed by atoms with Crippen LogP contribution in [-0.4, -0.2) is 54.8 Å². The van der Waals surface area contributed by atoms with E-state index in [2.05, 4.69) is 6.58 Å². The Morgan fingerprint density at radius 3 is 2.53 bits per heavy atom. The second-order valence-corrected chi connectivity index (χ2v) is 3.58. The van der Waals surface area contributed by atoms with E-state index in [4.69, 9.17) is 9.84 Å². The van der Waals surface area contributed by atoms with Crippen molar-refractivity contribution in [3.8, 4) is 0 Å². The Bertz CT molecular complexity index is 252. The monoisotopic (exact) mass is 216 g/mol. The van der Waals surface area contributed by atoms with Gasteiger partial charge in [-0.25, -0.2) is 9.59 Å². The van der Waals surface area contributed by atoms with Gasteiger partial charge in [-0.15, -0.1) is 0 Å². The largest absolute Gasteiger partial charge is 0.477 e. The van der Waals surface area contributed by atoms with Crippen molar-refractivity contribution in [2.75, 3.05) is 33.3 Å². The van der Waals surface area contributed by atoms with Crippen LogP contribution in [0.25, 0.3) is 0 Å². The van der Waals surface area contributed by atoms with Gasteiger partial charge in [0.15, 0.2) is 6.54 Å². The van der Waals surface area contributed by atoms with Crippen LogP contribution in [-0.2, 0) is 14.3 Å². The molecular formula is C10H18NO4+. The molecule has 0 aliphatic rings. The number of carboxylic acid groups (broad SMARTS) is 1. The van der Waals surface area contributed by atoms with Gasteiger partial charge in [-0.1, -0.05) is 6.58 Å².